The molecule has 0 unspecified atom stereocenters. The SMILES string of the molecule is Cc1cc2c(cc1C)N(C)c1[nH]c(=O)[nH]c(=O)c1N2. The lowest BCUT2D eigenvalue weighted by Crippen LogP contribution is -2.31. The highest BCUT2D eigenvalue weighted by Gasteiger charge is 2.23. The number of benzene rings is 1. The van der Waals surface area contributed by atoms with Crippen LogP contribution in [-0.2, 0) is 0 Å². The summed E-state index contributed by atoms with van der Waals surface area (Å²) in [7, 11) is 1.82. The summed E-state index contributed by atoms with van der Waals surface area (Å²) in [5.41, 5.74) is 3.51. The lowest BCUT2D eigenvalue weighted by Gasteiger charge is -2.30. The van der Waals surface area contributed by atoms with Crippen molar-refractivity contribution < 1.29 is 0 Å². The molecule has 0 radical (unpaired) electrons. The van der Waals surface area contributed by atoms with Gasteiger partial charge in [-0.2, -0.15) is 0 Å². The van der Waals surface area contributed by atoms with Crippen LogP contribution >= 0.6 is 0 Å². The van der Waals surface area contributed by atoms with Gasteiger partial charge in [-0.3, -0.25) is 14.8 Å². The van der Waals surface area contributed by atoms with Gasteiger partial charge >= 0.3 is 5.69 Å². The Hall–Kier alpha value is -2.50. The van der Waals surface area contributed by atoms with Gasteiger partial charge < -0.3 is 10.2 Å². The minimum Gasteiger partial charge on any atom is -0.346 e. The molecule has 3 rings (SSSR count). The molecule has 0 atom stereocenters. The Morgan fingerprint density at radius 2 is 1.74 bits per heavy atom. The summed E-state index contributed by atoms with van der Waals surface area (Å²) < 4.78 is 0. The summed E-state index contributed by atoms with van der Waals surface area (Å²) in [5.74, 6) is 0.476. The zero-order valence-corrected chi connectivity index (χ0v) is 10.9. The third-order valence-electron chi connectivity index (χ3n) is 3.49. The van der Waals surface area contributed by atoms with E-state index < -0.39 is 11.2 Å². The number of aromatic nitrogens is 2. The van der Waals surface area contributed by atoms with Crippen LogP contribution in [0.15, 0.2) is 21.7 Å². The van der Waals surface area contributed by atoms with Crippen molar-refractivity contribution in [3.05, 3.63) is 44.1 Å². The van der Waals surface area contributed by atoms with E-state index >= 15 is 0 Å². The van der Waals surface area contributed by atoms with Gasteiger partial charge in [-0.05, 0) is 37.1 Å². The Morgan fingerprint density at radius 1 is 1.05 bits per heavy atom. The van der Waals surface area contributed by atoms with Gasteiger partial charge in [-0.1, -0.05) is 0 Å². The molecule has 1 aromatic carbocycles. The second-order valence-electron chi connectivity index (χ2n) is 4.77. The summed E-state index contributed by atoms with van der Waals surface area (Å²) in [6.45, 7) is 4.05. The van der Waals surface area contributed by atoms with Crippen molar-refractivity contribution in [3.63, 3.8) is 0 Å². The van der Waals surface area contributed by atoms with Crippen LogP contribution in [-0.4, -0.2) is 17.0 Å². The van der Waals surface area contributed by atoms with Crippen LogP contribution < -0.4 is 21.5 Å². The molecule has 6 heteroatoms. The van der Waals surface area contributed by atoms with Crippen LogP contribution in [0.25, 0.3) is 0 Å². The highest BCUT2D eigenvalue weighted by Crippen LogP contribution is 2.40. The molecule has 0 fully saturated rings. The first-order chi connectivity index (χ1) is 8.97. The molecule has 3 N–H and O–H groups in total. The molecule has 0 amide bonds. The third-order valence-corrected chi connectivity index (χ3v) is 3.49. The predicted molar refractivity (Wildman–Crippen MR) is 74.9 cm³/mol. The fourth-order valence-corrected chi connectivity index (χ4v) is 2.28. The highest BCUT2D eigenvalue weighted by molar-refractivity contribution is 5.89. The molecule has 1 aromatic heterocycles. The van der Waals surface area contributed by atoms with Crippen molar-refractivity contribution in [2.45, 2.75) is 13.8 Å². The summed E-state index contributed by atoms with van der Waals surface area (Å²) >= 11 is 0. The van der Waals surface area contributed by atoms with Crippen molar-refractivity contribution in [1.29, 1.82) is 0 Å². The van der Waals surface area contributed by atoms with Crippen molar-refractivity contribution in [1.82, 2.24) is 9.97 Å². The second-order valence-corrected chi connectivity index (χ2v) is 4.77. The number of nitrogens with one attached hydrogen (secondary N) is 3. The molecule has 0 spiro atoms. The van der Waals surface area contributed by atoms with Crippen molar-refractivity contribution >= 4 is 22.9 Å². The van der Waals surface area contributed by atoms with Gasteiger partial charge in [0.1, 0.15) is 11.5 Å². The standard InChI is InChI=1S/C13H14N4O2/c1-6-4-8-9(5-7(6)2)17(3)11-10(14-8)12(18)16-13(19)15-11/h4-5,14H,1-3H3,(H2,15,16,18,19). The van der Waals surface area contributed by atoms with Crippen LogP contribution in [0.3, 0.4) is 0 Å². The fraction of sp³-hybridized carbons (Fsp3) is 0.231. The van der Waals surface area contributed by atoms with Crippen LogP contribution in [0.4, 0.5) is 22.9 Å². The monoisotopic (exact) mass is 258 g/mol. The number of anilines is 4. The summed E-state index contributed by atoms with van der Waals surface area (Å²) in [6.07, 6.45) is 0. The minimum atomic E-state index is -0.510. The molecule has 1 aliphatic rings. The van der Waals surface area contributed by atoms with E-state index in [0.29, 0.717) is 11.5 Å². The molecule has 0 aliphatic carbocycles. The van der Waals surface area contributed by atoms with E-state index in [9.17, 15) is 9.59 Å². The van der Waals surface area contributed by atoms with E-state index in [1.165, 1.54) is 0 Å². The molecule has 19 heavy (non-hydrogen) atoms. The number of hydrogen-bond acceptors (Lipinski definition) is 4. The van der Waals surface area contributed by atoms with E-state index in [0.717, 1.165) is 22.5 Å². The van der Waals surface area contributed by atoms with Gasteiger partial charge in [-0.25, -0.2) is 4.79 Å². The van der Waals surface area contributed by atoms with Crippen molar-refractivity contribution in [2.24, 2.45) is 0 Å². The molecule has 0 saturated carbocycles. The van der Waals surface area contributed by atoms with Gasteiger partial charge in [0.2, 0.25) is 0 Å². The zero-order valence-electron chi connectivity index (χ0n) is 10.9. The predicted octanol–water partition coefficient (Wildman–Crippen LogP) is 1.50. The number of rotatable bonds is 0. The molecule has 1 aliphatic heterocycles. The summed E-state index contributed by atoms with van der Waals surface area (Å²) in [5, 5.41) is 3.08. The first-order valence-corrected chi connectivity index (χ1v) is 5.96. The number of H-pyrrole nitrogens is 2. The summed E-state index contributed by atoms with van der Waals surface area (Å²) in [4.78, 5) is 29.9. The Balaban J connectivity index is 2.28. The van der Waals surface area contributed by atoms with E-state index in [4.69, 9.17) is 0 Å². The molecule has 98 valence electrons. The largest absolute Gasteiger partial charge is 0.346 e. The molecule has 6 nitrogen and oxygen atoms in total. The van der Waals surface area contributed by atoms with E-state index in [2.05, 4.69) is 15.3 Å². The first-order valence-electron chi connectivity index (χ1n) is 5.96. The molecular weight excluding hydrogens is 244 g/mol. The number of hydrogen-bond donors (Lipinski definition) is 3. The number of fused-ring (bicyclic) bond motifs is 2. The van der Waals surface area contributed by atoms with Crippen LogP contribution in [0, 0.1) is 13.8 Å². The topological polar surface area (TPSA) is 81.0 Å². The Kier molecular flexibility index (Phi) is 2.28. The van der Waals surface area contributed by atoms with Gasteiger partial charge in [-0.15, -0.1) is 0 Å². The zero-order chi connectivity index (χ0) is 13.7. The minimum absolute atomic E-state index is 0.359. The first kappa shape index (κ1) is 11.6. The number of aromatic amines is 2. The Labute approximate surface area is 109 Å². The van der Waals surface area contributed by atoms with E-state index in [1.54, 1.807) is 0 Å². The smallest absolute Gasteiger partial charge is 0.327 e. The summed E-state index contributed by atoms with van der Waals surface area (Å²) in [6, 6.07) is 4.02. The van der Waals surface area contributed by atoms with Gasteiger partial charge in [0.15, 0.2) is 0 Å². The maximum atomic E-state index is 11.8. The number of nitrogens with zero attached hydrogens (tertiary/aromatic N) is 1. The Morgan fingerprint density at radius 3 is 2.47 bits per heavy atom. The molecule has 2 heterocycles. The lowest BCUT2D eigenvalue weighted by atomic mass is 10.1. The maximum Gasteiger partial charge on any atom is 0.327 e. The van der Waals surface area contributed by atoms with E-state index in [1.807, 2.05) is 37.9 Å². The van der Waals surface area contributed by atoms with Gasteiger partial charge in [0, 0.05) is 7.05 Å². The third kappa shape index (κ3) is 1.64. The highest BCUT2D eigenvalue weighted by atomic mass is 16.2. The Bertz CT molecular complexity index is 788. The number of aryl methyl sites for hydroxylation is 2. The van der Waals surface area contributed by atoms with Crippen molar-refractivity contribution in [2.75, 3.05) is 17.3 Å². The molecular formula is C13H14N4O2. The van der Waals surface area contributed by atoms with Crippen LogP contribution in [0.2, 0.25) is 0 Å². The second kappa shape index (κ2) is 3.74. The fourth-order valence-electron chi connectivity index (χ4n) is 2.28. The molecule has 0 bridgehead atoms. The molecule has 2 aromatic rings. The van der Waals surface area contributed by atoms with Crippen LogP contribution in [0.5, 0.6) is 0 Å². The molecule has 0 saturated heterocycles. The average molecular weight is 258 g/mol. The van der Waals surface area contributed by atoms with E-state index in [-0.39, 0.29) is 0 Å². The van der Waals surface area contributed by atoms with Crippen LogP contribution in [0.1, 0.15) is 11.1 Å². The maximum absolute atomic E-state index is 11.8. The van der Waals surface area contributed by atoms with Crippen molar-refractivity contribution in [3.8, 4) is 0 Å². The average Bonchev–Trinajstić information content (AvgIpc) is 2.34. The lowest BCUT2D eigenvalue weighted by molar-refractivity contribution is 0.991. The normalized spacial score (nSPS) is 12.7. The van der Waals surface area contributed by atoms with Gasteiger partial charge in [0.25, 0.3) is 5.56 Å². The van der Waals surface area contributed by atoms with Gasteiger partial charge in [0.05, 0.1) is 11.4 Å². The quantitative estimate of drug-likeness (QED) is 0.669.